The van der Waals surface area contributed by atoms with E-state index in [1.54, 1.807) is 0 Å². The first-order chi connectivity index (χ1) is 9.45. The minimum absolute atomic E-state index is 0.0186. The van der Waals surface area contributed by atoms with Crippen LogP contribution in [0.5, 0.6) is 0 Å². The SMILES string of the molecule is O=C(Cc1cc(F)cc(Cl)c1)c1ccc([N+](=O)[O-])cc1. The molecule has 0 aliphatic carbocycles. The summed E-state index contributed by atoms with van der Waals surface area (Å²) in [5.41, 5.74) is 0.699. The van der Waals surface area contributed by atoms with Crippen LogP contribution in [0.25, 0.3) is 0 Å². The standard InChI is InChI=1S/C14H9ClFNO3/c15-11-5-9(6-12(16)8-11)7-14(18)10-1-3-13(4-2-10)17(19)20/h1-6,8H,7H2. The molecule has 0 aliphatic heterocycles. The Hall–Kier alpha value is -2.27. The molecule has 2 rings (SSSR count). The topological polar surface area (TPSA) is 60.2 Å². The van der Waals surface area contributed by atoms with Gasteiger partial charge in [-0.25, -0.2) is 4.39 Å². The minimum atomic E-state index is -0.541. The van der Waals surface area contributed by atoms with E-state index in [4.69, 9.17) is 11.6 Å². The maximum Gasteiger partial charge on any atom is 0.269 e. The number of nitro groups is 1. The fourth-order valence-corrected chi connectivity index (χ4v) is 2.01. The zero-order valence-electron chi connectivity index (χ0n) is 10.2. The number of hydrogen-bond acceptors (Lipinski definition) is 3. The van der Waals surface area contributed by atoms with Gasteiger partial charge in [0.05, 0.1) is 4.92 Å². The molecule has 0 saturated carbocycles. The van der Waals surface area contributed by atoms with Crippen LogP contribution >= 0.6 is 11.6 Å². The summed E-state index contributed by atoms with van der Waals surface area (Å²) in [6.07, 6.45) is -0.0186. The number of halogens is 2. The van der Waals surface area contributed by atoms with Crippen LogP contribution in [0.15, 0.2) is 42.5 Å². The molecule has 102 valence electrons. The molecular weight excluding hydrogens is 285 g/mol. The lowest BCUT2D eigenvalue weighted by Gasteiger charge is -2.03. The van der Waals surface area contributed by atoms with E-state index in [9.17, 15) is 19.3 Å². The van der Waals surface area contributed by atoms with Crippen molar-refractivity contribution >= 4 is 23.1 Å². The lowest BCUT2D eigenvalue weighted by atomic mass is 10.0. The molecule has 0 bridgehead atoms. The lowest BCUT2D eigenvalue weighted by molar-refractivity contribution is -0.384. The number of carbonyl (C=O) groups excluding carboxylic acids is 1. The summed E-state index contributed by atoms with van der Waals surface area (Å²) in [7, 11) is 0. The van der Waals surface area contributed by atoms with Crippen LogP contribution in [0.4, 0.5) is 10.1 Å². The van der Waals surface area contributed by atoms with Gasteiger partial charge in [0.25, 0.3) is 5.69 Å². The lowest BCUT2D eigenvalue weighted by Crippen LogP contribution is -2.04. The van der Waals surface area contributed by atoms with Crippen LogP contribution in [-0.2, 0) is 6.42 Å². The molecule has 0 aliphatic rings. The second kappa shape index (κ2) is 5.79. The number of ketones is 1. The van der Waals surface area contributed by atoms with Gasteiger partial charge < -0.3 is 0 Å². The van der Waals surface area contributed by atoms with Crippen LogP contribution in [0.3, 0.4) is 0 Å². The number of nitro benzene ring substituents is 1. The Morgan fingerprint density at radius 1 is 1.20 bits per heavy atom. The normalized spacial score (nSPS) is 10.3. The van der Waals surface area contributed by atoms with Crippen LogP contribution in [0, 0.1) is 15.9 Å². The van der Waals surface area contributed by atoms with Gasteiger partial charge in [0, 0.05) is 29.1 Å². The van der Waals surface area contributed by atoms with Gasteiger partial charge in [-0.1, -0.05) is 11.6 Å². The van der Waals surface area contributed by atoms with Gasteiger partial charge in [0.2, 0.25) is 0 Å². The number of non-ortho nitro benzene ring substituents is 1. The van der Waals surface area contributed by atoms with E-state index in [2.05, 4.69) is 0 Å². The molecule has 2 aromatic rings. The van der Waals surface area contributed by atoms with Crippen molar-refractivity contribution in [1.82, 2.24) is 0 Å². The number of carbonyl (C=O) groups is 1. The van der Waals surface area contributed by atoms with E-state index in [1.807, 2.05) is 0 Å². The quantitative estimate of drug-likeness (QED) is 0.489. The zero-order chi connectivity index (χ0) is 14.7. The Balaban J connectivity index is 2.17. The second-order valence-corrected chi connectivity index (χ2v) is 4.62. The Kier molecular flexibility index (Phi) is 4.10. The predicted octanol–water partition coefficient (Wildman–Crippen LogP) is 3.81. The fourth-order valence-electron chi connectivity index (χ4n) is 1.77. The molecule has 0 unspecified atom stereocenters. The molecule has 0 saturated heterocycles. The highest BCUT2D eigenvalue weighted by Crippen LogP contribution is 2.17. The second-order valence-electron chi connectivity index (χ2n) is 4.18. The Morgan fingerprint density at radius 2 is 1.85 bits per heavy atom. The van der Waals surface area contributed by atoms with Crippen molar-refractivity contribution in [3.63, 3.8) is 0 Å². The molecule has 0 radical (unpaired) electrons. The minimum Gasteiger partial charge on any atom is -0.294 e. The van der Waals surface area contributed by atoms with E-state index in [0.29, 0.717) is 11.1 Å². The molecule has 6 heteroatoms. The first-order valence-corrected chi connectivity index (χ1v) is 6.06. The van der Waals surface area contributed by atoms with Gasteiger partial charge in [0.1, 0.15) is 5.82 Å². The fraction of sp³-hybridized carbons (Fsp3) is 0.0714. The van der Waals surface area contributed by atoms with Crippen molar-refractivity contribution in [3.8, 4) is 0 Å². The summed E-state index contributed by atoms with van der Waals surface area (Å²) in [5, 5.41) is 10.7. The van der Waals surface area contributed by atoms with Gasteiger partial charge in [-0.15, -0.1) is 0 Å². The first kappa shape index (κ1) is 14.1. The summed E-state index contributed by atoms with van der Waals surface area (Å²) in [5.74, 6) is -0.773. The third kappa shape index (κ3) is 3.39. The van der Waals surface area contributed by atoms with E-state index in [-0.39, 0.29) is 22.9 Å². The molecule has 0 aromatic heterocycles. The highest BCUT2D eigenvalue weighted by molar-refractivity contribution is 6.30. The van der Waals surface area contributed by atoms with Gasteiger partial charge >= 0.3 is 0 Å². The zero-order valence-corrected chi connectivity index (χ0v) is 10.9. The summed E-state index contributed by atoms with van der Waals surface area (Å²) in [6, 6.07) is 9.16. The third-order valence-corrected chi connectivity index (χ3v) is 2.91. The Bertz CT molecular complexity index is 650. The third-order valence-electron chi connectivity index (χ3n) is 2.69. The molecule has 2 aromatic carbocycles. The number of rotatable bonds is 4. The monoisotopic (exact) mass is 293 g/mol. The van der Waals surface area contributed by atoms with Crippen molar-refractivity contribution in [2.75, 3.05) is 0 Å². The largest absolute Gasteiger partial charge is 0.294 e. The smallest absolute Gasteiger partial charge is 0.269 e. The van der Waals surface area contributed by atoms with Gasteiger partial charge in [-0.3, -0.25) is 14.9 Å². The molecule has 0 heterocycles. The molecular formula is C14H9ClFNO3. The van der Waals surface area contributed by atoms with Crippen molar-refractivity contribution in [3.05, 3.63) is 74.5 Å². The van der Waals surface area contributed by atoms with Crippen LogP contribution in [0.1, 0.15) is 15.9 Å². The average Bonchev–Trinajstić information content (AvgIpc) is 2.37. The van der Waals surface area contributed by atoms with Gasteiger partial charge in [-0.05, 0) is 35.9 Å². The Morgan fingerprint density at radius 3 is 2.40 bits per heavy atom. The van der Waals surface area contributed by atoms with E-state index in [1.165, 1.54) is 36.4 Å². The molecule has 4 nitrogen and oxygen atoms in total. The summed E-state index contributed by atoms with van der Waals surface area (Å²) >= 11 is 5.71. The molecule has 0 spiro atoms. The predicted molar refractivity (Wildman–Crippen MR) is 72.5 cm³/mol. The van der Waals surface area contributed by atoms with Crippen LogP contribution in [-0.4, -0.2) is 10.7 Å². The van der Waals surface area contributed by atoms with E-state index in [0.717, 1.165) is 6.07 Å². The molecule has 0 N–H and O–H groups in total. The highest BCUT2D eigenvalue weighted by Gasteiger charge is 2.11. The van der Waals surface area contributed by atoms with Crippen molar-refractivity contribution < 1.29 is 14.1 Å². The molecule has 0 amide bonds. The Labute approximate surface area is 119 Å². The summed E-state index contributed by atoms with van der Waals surface area (Å²) in [6.45, 7) is 0. The van der Waals surface area contributed by atoms with Crippen molar-refractivity contribution in [2.45, 2.75) is 6.42 Å². The van der Waals surface area contributed by atoms with Gasteiger partial charge in [0.15, 0.2) is 5.78 Å². The van der Waals surface area contributed by atoms with E-state index < -0.39 is 10.7 Å². The molecule has 20 heavy (non-hydrogen) atoms. The van der Waals surface area contributed by atoms with E-state index >= 15 is 0 Å². The average molecular weight is 294 g/mol. The molecule has 0 fully saturated rings. The van der Waals surface area contributed by atoms with Crippen LogP contribution in [0.2, 0.25) is 5.02 Å². The number of Topliss-reactive ketones (excluding diaryl/α,β-unsaturated/α-hetero) is 1. The summed E-state index contributed by atoms with van der Waals surface area (Å²) < 4.78 is 13.2. The number of hydrogen-bond donors (Lipinski definition) is 0. The molecule has 0 atom stereocenters. The summed E-state index contributed by atoms with van der Waals surface area (Å²) in [4.78, 5) is 22.0. The number of nitrogens with zero attached hydrogens (tertiary/aromatic N) is 1. The maximum absolute atomic E-state index is 13.2. The first-order valence-electron chi connectivity index (χ1n) is 5.68. The maximum atomic E-state index is 13.2. The van der Waals surface area contributed by atoms with Crippen LogP contribution < -0.4 is 0 Å². The highest BCUT2D eigenvalue weighted by atomic mass is 35.5. The van der Waals surface area contributed by atoms with Crippen molar-refractivity contribution in [1.29, 1.82) is 0 Å². The van der Waals surface area contributed by atoms with Gasteiger partial charge in [-0.2, -0.15) is 0 Å². The number of benzene rings is 2. The van der Waals surface area contributed by atoms with Crippen molar-refractivity contribution in [2.24, 2.45) is 0 Å².